The number of thiazole rings is 1. The third-order valence-corrected chi connectivity index (χ3v) is 8.57. The standard InChI is InChI=1S/C22H21ClN4O4S2.H2/c1-31-19-7-6-17-16(20(19)23)8-11-27(17)18-9-12-26(21(18)28)14-2-4-15(5-3-14)33(29,30)25-22-24-10-13-32-22;/h2-7,10,13,18H,8-9,11-12H2,1H3,(H,24,25);1H/t18-;/m0./s1. The first-order chi connectivity index (χ1) is 15.9. The van der Waals surface area contributed by atoms with E-state index in [4.69, 9.17) is 16.3 Å². The molecule has 5 rings (SSSR count). The molecule has 33 heavy (non-hydrogen) atoms. The molecule has 0 radical (unpaired) electrons. The van der Waals surface area contributed by atoms with Gasteiger partial charge in [0.2, 0.25) is 5.91 Å². The summed E-state index contributed by atoms with van der Waals surface area (Å²) in [4.78, 5) is 21.2. The Morgan fingerprint density at radius 2 is 2.00 bits per heavy atom. The van der Waals surface area contributed by atoms with Crippen molar-refractivity contribution >= 4 is 55.4 Å². The van der Waals surface area contributed by atoms with Crippen LogP contribution in [-0.2, 0) is 21.2 Å². The van der Waals surface area contributed by atoms with Crippen molar-refractivity contribution in [2.24, 2.45) is 0 Å². The summed E-state index contributed by atoms with van der Waals surface area (Å²) >= 11 is 7.68. The third-order valence-electron chi connectivity index (χ3n) is 5.98. The number of hydrogen-bond acceptors (Lipinski definition) is 7. The first-order valence-corrected chi connectivity index (χ1v) is 13.1. The Labute approximate surface area is 202 Å². The molecule has 2 aliphatic heterocycles. The van der Waals surface area contributed by atoms with E-state index in [1.807, 2.05) is 12.1 Å². The number of nitrogens with zero attached hydrogens (tertiary/aromatic N) is 3. The summed E-state index contributed by atoms with van der Waals surface area (Å²) in [7, 11) is -2.15. The summed E-state index contributed by atoms with van der Waals surface area (Å²) < 4.78 is 32.9. The first kappa shape index (κ1) is 22.0. The minimum atomic E-state index is -3.74. The SMILES string of the molecule is COc1ccc2c(c1Cl)CCN2[C@H]1CCN(c2ccc(S(=O)(=O)Nc3nccs3)cc2)C1=O.[HH]. The normalized spacial score (nSPS) is 18.0. The number of methoxy groups -OCH3 is 1. The number of benzene rings is 2. The number of fused-ring (bicyclic) bond motifs is 1. The molecular weight excluding hydrogens is 484 g/mol. The van der Waals surface area contributed by atoms with Gasteiger partial charge in [0.15, 0.2) is 5.13 Å². The van der Waals surface area contributed by atoms with E-state index in [1.165, 1.54) is 29.7 Å². The predicted octanol–water partition coefficient (Wildman–Crippen LogP) is 4.02. The fourth-order valence-corrected chi connectivity index (χ4v) is 6.51. The monoisotopic (exact) mass is 506 g/mol. The molecule has 11 heteroatoms. The molecule has 0 unspecified atom stereocenters. The molecule has 174 valence electrons. The van der Waals surface area contributed by atoms with E-state index in [1.54, 1.807) is 29.5 Å². The summed E-state index contributed by atoms with van der Waals surface area (Å²) in [6.07, 6.45) is 2.96. The molecule has 1 aromatic heterocycles. The van der Waals surface area contributed by atoms with Gasteiger partial charge in [0.05, 0.1) is 17.0 Å². The molecule has 0 aliphatic carbocycles. The zero-order valence-corrected chi connectivity index (χ0v) is 20.1. The Kier molecular flexibility index (Phi) is 5.67. The van der Waals surface area contributed by atoms with Crippen molar-refractivity contribution in [3.05, 3.63) is 58.6 Å². The lowest BCUT2D eigenvalue weighted by atomic mass is 10.1. The van der Waals surface area contributed by atoms with Gasteiger partial charge in [-0.2, -0.15) is 0 Å². The third kappa shape index (κ3) is 3.92. The number of hydrogen-bond donors (Lipinski definition) is 1. The number of sulfonamides is 1. The number of halogens is 1. The first-order valence-electron chi connectivity index (χ1n) is 10.3. The summed E-state index contributed by atoms with van der Waals surface area (Å²) in [5, 5.41) is 2.60. The van der Waals surface area contributed by atoms with Gasteiger partial charge in [0, 0.05) is 37.5 Å². The molecule has 0 saturated carbocycles. The van der Waals surface area contributed by atoms with Crippen molar-refractivity contribution in [3.8, 4) is 5.75 Å². The second kappa shape index (κ2) is 8.51. The van der Waals surface area contributed by atoms with Crippen molar-refractivity contribution in [2.75, 3.05) is 34.7 Å². The van der Waals surface area contributed by atoms with Crippen molar-refractivity contribution in [3.63, 3.8) is 0 Å². The Balaban J connectivity index is 0.00000274. The molecule has 1 N–H and O–H groups in total. The van der Waals surface area contributed by atoms with Crippen molar-refractivity contribution in [2.45, 2.75) is 23.8 Å². The van der Waals surface area contributed by atoms with E-state index < -0.39 is 10.0 Å². The highest BCUT2D eigenvalue weighted by Gasteiger charge is 2.39. The van der Waals surface area contributed by atoms with Gasteiger partial charge in [-0.15, -0.1) is 11.3 Å². The van der Waals surface area contributed by atoms with Gasteiger partial charge in [-0.3, -0.25) is 9.52 Å². The zero-order valence-electron chi connectivity index (χ0n) is 17.7. The smallest absolute Gasteiger partial charge is 0.263 e. The van der Waals surface area contributed by atoms with Crippen LogP contribution < -0.4 is 19.3 Å². The number of ether oxygens (including phenoxy) is 1. The molecule has 8 nitrogen and oxygen atoms in total. The highest BCUT2D eigenvalue weighted by Crippen LogP contribution is 2.41. The van der Waals surface area contributed by atoms with Crippen LogP contribution in [0.3, 0.4) is 0 Å². The average Bonchev–Trinajstić information content (AvgIpc) is 3.54. The second-order valence-electron chi connectivity index (χ2n) is 7.75. The minimum absolute atomic E-state index is 0. The van der Waals surface area contributed by atoms with Crippen LogP contribution in [0.15, 0.2) is 52.9 Å². The number of nitrogens with one attached hydrogen (secondary N) is 1. The molecular formula is C22H23ClN4O4S2. The Morgan fingerprint density at radius 3 is 2.70 bits per heavy atom. The van der Waals surface area contributed by atoms with E-state index >= 15 is 0 Å². The quantitative estimate of drug-likeness (QED) is 0.543. The van der Waals surface area contributed by atoms with Gasteiger partial charge >= 0.3 is 0 Å². The number of rotatable bonds is 6. The van der Waals surface area contributed by atoms with E-state index in [0.717, 1.165) is 17.7 Å². The molecule has 1 amide bonds. The number of carbonyl (C=O) groups excluding carboxylic acids is 1. The maximum Gasteiger partial charge on any atom is 0.263 e. The Bertz CT molecular complexity index is 1300. The molecule has 0 bridgehead atoms. The maximum atomic E-state index is 13.3. The molecule has 2 aromatic carbocycles. The summed E-state index contributed by atoms with van der Waals surface area (Å²) in [6, 6.07) is 9.83. The number of anilines is 3. The topological polar surface area (TPSA) is 91.8 Å². The van der Waals surface area contributed by atoms with Crippen LogP contribution in [0.5, 0.6) is 5.75 Å². The lowest BCUT2D eigenvalue weighted by Gasteiger charge is -2.26. The highest BCUT2D eigenvalue weighted by atomic mass is 35.5. The molecule has 1 fully saturated rings. The minimum Gasteiger partial charge on any atom is -0.495 e. The van der Waals surface area contributed by atoms with Gasteiger partial charge in [0.25, 0.3) is 10.0 Å². The van der Waals surface area contributed by atoms with Crippen molar-refractivity contribution in [1.29, 1.82) is 0 Å². The molecule has 1 saturated heterocycles. The van der Waals surface area contributed by atoms with Crippen LogP contribution in [0.4, 0.5) is 16.5 Å². The van der Waals surface area contributed by atoms with Crippen LogP contribution in [0.1, 0.15) is 13.4 Å². The zero-order chi connectivity index (χ0) is 23.2. The largest absolute Gasteiger partial charge is 0.495 e. The number of amides is 1. The van der Waals surface area contributed by atoms with Crippen LogP contribution >= 0.6 is 22.9 Å². The Morgan fingerprint density at radius 1 is 1.21 bits per heavy atom. The van der Waals surface area contributed by atoms with Gasteiger partial charge < -0.3 is 14.5 Å². The van der Waals surface area contributed by atoms with Crippen LogP contribution in [-0.4, -0.2) is 45.6 Å². The molecule has 0 spiro atoms. The summed E-state index contributed by atoms with van der Waals surface area (Å²) in [5.41, 5.74) is 2.64. The lowest BCUT2D eigenvalue weighted by Crippen LogP contribution is -2.41. The maximum absolute atomic E-state index is 13.3. The van der Waals surface area contributed by atoms with Gasteiger partial charge in [-0.1, -0.05) is 11.6 Å². The van der Waals surface area contributed by atoms with Crippen LogP contribution in [0.2, 0.25) is 5.02 Å². The van der Waals surface area contributed by atoms with E-state index in [9.17, 15) is 13.2 Å². The Hall–Kier alpha value is -2.82. The fraction of sp³-hybridized carbons (Fsp3) is 0.273. The van der Waals surface area contributed by atoms with Gasteiger partial charge in [0.1, 0.15) is 11.8 Å². The number of aromatic nitrogens is 1. The fourth-order valence-electron chi connectivity index (χ4n) is 4.39. The molecule has 3 aromatic rings. The highest BCUT2D eigenvalue weighted by molar-refractivity contribution is 7.93. The summed E-state index contributed by atoms with van der Waals surface area (Å²) in [5.74, 6) is 0.627. The average molecular weight is 507 g/mol. The van der Waals surface area contributed by atoms with Crippen LogP contribution in [0.25, 0.3) is 0 Å². The van der Waals surface area contributed by atoms with Gasteiger partial charge in [-0.25, -0.2) is 13.4 Å². The van der Waals surface area contributed by atoms with Gasteiger partial charge in [-0.05, 0) is 54.8 Å². The lowest BCUT2D eigenvalue weighted by molar-refractivity contribution is -0.118. The molecule has 1 atom stereocenters. The van der Waals surface area contributed by atoms with E-state index in [-0.39, 0.29) is 18.3 Å². The van der Waals surface area contributed by atoms with E-state index in [2.05, 4.69) is 14.6 Å². The van der Waals surface area contributed by atoms with Crippen molar-refractivity contribution in [1.82, 2.24) is 4.98 Å². The molecule has 3 heterocycles. The number of carbonyl (C=O) groups is 1. The summed E-state index contributed by atoms with van der Waals surface area (Å²) in [6.45, 7) is 1.27. The second-order valence-corrected chi connectivity index (χ2v) is 10.7. The molecule has 2 aliphatic rings. The van der Waals surface area contributed by atoms with Crippen LogP contribution in [0, 0.1) is 0 Å². The van der Waals surface area contributed by atoms with E-state index in [0.29, 0.717) is 41.1 Å². The predicted molar refractivity (Wildman–Crippen MR) is 131 cm³/mol. The van der Waals surface area contributed by atoms with Crippen molar-refractivity contribution < 1.29 is 19.4 Å².